The quantitative estimate of drug-likeness (QED) is 0.626. The van der Waals surface area contributed by atoms with Crippen molar-refractivity contribution in [1.82, 2.24) is 15.1 Å². The van der Waals surface area contributed by atoms with Crippen molar-refractivity contribution >= 4 is 40.1 Å². The predicted molar refractivity (Wildman–Crippen MR) is 125 cm³/mol. The highest BCUT2D eigenvalue weighted by Crippen LogP contribution is 2.20. The highest BCUT2D eigenvalue weighted by Gasteiger charge is 2.26. The first-order chi connectivity index (χ1) is 15.9. The fourth-order valence-corrected chi connectivity index (χ4v) is 4.21. The van der Waals surface area contributed by atoms with E-state index in [9.17, 15) is 18.8 Å². The van der Waals surface area contributed by atoms with E-state index in [1.165, 1.54) is 12.1 Å². The summed E-state index contributed by atoms with van der Waals surface area (Å²) in [6.07, 6.45) is 0.190. The van der Waals surface area contributed by atoms with Gasteiger partial charge in [0.25, 0.3) is 5.91 Å². The summed E-state index contributed by atoms with van der Waals surface area (Å²) in [6, 6.07) is 17.3. The van der Waals surface area contributed by atoms with Crippen LogP contribution in [-0.2, 0) is 16.0 Å². The van der Waals surface area contributed by atoms with Crippen LogP contribution in [0.25, 0.3) is 10.8 Å². The van der Waals surface area contributed by atoms with Gasteiger partial charge in [0.15, 0.2) is 0 Å². The molecule has 0 atom stereocenters. The lowest BCUT2D eigenvalue weighted by molar-refractivity contribution is -0.133. The van der Waals surface area contributed by atoms with Crippen molar-refractivity contribution in [2.24, 2.45) is 0 Å². The van der Waals surface area contributed by atoms with Crippen LogP contribution in [0.5, 0.6) is 0 Å². The molecule has 33 heavy (non-hydrogen) atoms. The van der Waals surface area contributed by atoms with E-state index in [-0.39, 0.29) is 41.3 Å². The molecule has 1 aliphatic heterocycles. The van der Waals surface area contributed by atoms with Crippen LogP contribution in [0.3, 0.4) is 0 Å². The van der Waals surface area contributed by atoms with Crippen LogP contribution in [-0.4, -0.2) is 60.2 Å². The number of carbonyl (C=O) groups excluding carboxylic acids is 3. The number of hydrogen-bond donors (Lipinski definition) is 1. The molecule has 1 N–H and O–H groups in total. The average Bonchev–Trinajstić information content (AvgIpc) is 2.82. The zero-order valence-corrected chi connectivity index (χ0v) is 18.6. The summed E-state index contributed by atoms with van der Waals surface area (Å²) in [7, 11) is 0. The van der Waals surface area contributed by atoms with E-state index < -0.39 is 5.82 Å². The molecule has 1 heterocycles. The van der Waals surface area contributed by atoms with Crippen molar-refractivity contribution in [2.45, 2.75) is 6.42 Å². The van der Waals surface area contributed by atoms with E-state index >= 15 is 0 Å². The number of amides is 3. The largest absolute Gasteiger partial charge is 0.347 e. The van der Waals surface area contributed by atoms with Gasteiger partial charge in [-0.25, -0.2) is 4.39 Å². The Kier molecular flexibility index (Phi) is 6.89. The third-order valence-corrected chi connectivity index (χ3v) is 6.06. The van der Waals surface area contributed by atoms with Crippen molar-refractivity contribution in [1.29, 1.82) is 0 Å². The Morgan fingerprint density at radius 2 is 1.61 bits per heavy atom. The van der Waals surface area contributed by atoms with Gasteiger partial charge in [0.2, 0.25) is 11.8 Å². The lowest BCUT2D eigenvalue weighted by atomic mass is 10.0. The topological polar surface area (TPSA) is 69.7 Å². The number of carbonyl (C=O) groups is 3. The van der Waals surface area contributed by atoms with E-state index in [4.69, 9.17) is 11.6 Å². The molecule has 3 amide bonds. The Balaban J connectivity index is 1.27. The van der Waals surface area contributed by atoms with Crippen molar-refractivity contribution < 1.29 is 18.8 Å². The molecule has 0 aliphatic carbocycles. The number of nitrogens with one attached hydrogen (secondary N) is 1. The van der Waals surface area contributed by atoms with Gasteiger partial charge in [0, 0.05) is 26.2 Å². The van der Waals surface area contributed by atoms with Gasteiger partial charge in [0.05, 0.1) is 23.6 Å². The second-order valence-corrected chi connectivity index (χ2v) is 8.30. The van der Waals surface area contributed by atoms with Gasteiger partial charge >= 0.3 is 0 Å². The second-order valence-electron chi connectivity index (χ2n) is 7.89. The van der Waals surface area contributed by atoms with Crippen molar-refractivity contribution in [2.75, 3.05) is 32.7 Å². The van der Waals surface area contributed by atoms with E-state index in [0.717, 1.165) is 22.4 Å². The van der Waals surface area contributed by atoms with Gasteiger partial charge < -0.3 is 15.1 Å². The molecule has 3 aromatic rings. The van der Waals surface area contributed by atoms with Crippen LogP contribution < -0.4 is 5.32 Å². The minimum atomic E-state index is -0.505. The first-order valence-corrected chi connectivity index (χ1v) is 11.1. The monoisotopic (exact) mass is 467 g/mol. The SMILES string of the molecule is O=C(Cc1cccc2ccccc12)NCC(=O)N1CCN(C(=O)c2ccc(F)cc2Cl)CC1. The number of fused-ring (bicyclic) bond motifs is 1. The summed E-state index contributed by atoms with van der Waals surface area (Å²) >= 11 is 5.99. The lowest BCUT2D eigenvalue weighted by Crippen LogP contribution is -2.52. The number of rotatable bonds is 5. The Bertz CT molecular complexity index is 1200. The number of halogens is 2. The molecule has 8 heteroatoms. The minimum Gasteiger partial charge on any atom is -0.347 e. The molecular formula is C25H23ClFN3O3. The van der Waals surface area contributed by atoms with Gasteiger partial charge in [0.1, 0.15) is 5.82 Å². The summed E-state index contributed by atoms with van der Waals surface area (Å²) in [4.78, 5) is 40.8. The molecule has 4 rings (SSSR count). The maximum atomic E-state index is 13.2. The van der Waals surface area contributed by atoms with E-state index in [1.807, 2.05) is 42.5 Å². The maximum absolute atomic E-state index is 13.2. The molecule has 0 unspecified atom stereocenters. The first kappa shape index (κ1) is 22.7. The van der Waals surface area contributed by atoms with Crippen molar-refractivity contribution in [3.05, 3.63) is 82.6 Å². The van der Waals surface area contributed by atoms with Gasteiger partial charge in [-0.1, -0.05) is 54.1 Å². The molecule has 1 aliphatic rings. The Hall–Kier alpha value is -3.45. The zero-order chi connectivity index (χ0) is 23.4. The van der Waals surface area contributed by atoms with E-state index in [1.54, 1.807) is 9.80 Å². The maximum Gasteiger partial charge on any atom is 0.255 e. The molecule has 0 bridgehead atoms. The molecule has 3 aromatic carbocycles. The van der Waals surface area contributed by atoms with Crippen LogP contribution in [0.4, 0.5) is 4.39 Å². The van der Waals surface area contributed by atoms with Crippen LogP contribution in [0.15, 0.2) is 60.7 Å². The molecule has 0 saturated carbocycles. The predicted octanol–water partition coefficient (Wildman–Crippen LogP) is 3.28. The Morgan fingerprint density at radius 1 is 0.909 bits per heavy atom. The summed E-state index contributed by atoms with van der Waals surface area (Å²) in [5.41, 5.74) is 1.14. The molecule has 1 saturated heterocycles. The molecular weight excluding hydrogens is 445 g/mol. The average molecular weight is 468 g/mol. The van der Waals surface area contributed by atoms with Crippen LogP contribution in [0.2, 0.25) is 5.02 Å². The summed E-state index contributed by atoms with van der Waals surface area (Å²) < 4.78 is 13.2. The van der Waals surface area contributed by atoms with Gasteiger partial charge in [-0.3, -0.25) is 14.4 Å². The minimum absolute atomic E-state index is 0.0624. The smallest absolute Gasteiger partial charge is 0.255 e. The van der Waals surface area contributed by atoms with Crippen LogP contribution >= 0.6 is 11.6 Å². The van der Waals surface area contributed by atoms with Crippen molar-refractivity contribution in [3.8, 4) is 0 Å². The fraction of sp³-hybridized carbons (Fsp3) is 0.240. The molecule has 0 aromatic heterocycles. The third kappa shape index (κ3) is 5.31. The standard InChI is InChI=1S/C25H23ClFN3O3/c26-22-15-19(27)8-9-21(22)25(33)30-12-10-29(11-13-30)24(32)16-28-23(31)14-18-6-3-5-17-4-1-2-7-20(17)18/h1-9,15H,10-14,16H2,(H,28,31). The van der Waals surface area contributed by atoms with Crippen molar-refractivity contribution in [3.63, 3.8) is 0 Å². The van der Waals surface area contributed by atoms with Crippen LogP contribution in [0.1, 0.15) is 15.9 Å². The molecule has 6 nitrogen and oxygen atoms in total. The molecule has 0 spiro atoms. The van der Waals surface area contributed by atoms with Gasteiger partial charge in [-0.15, -0.1) is 0 Å². The number of nitrogens with zero attached hydrogens (tertiary/aromatic N) is 2. The lowest BCUT2D eigenvalue weighted by Gasteiger charge is -2.35. The molecule has 1 fully saturated rings. The first-order valence-electron chi connectivity index (χ1n) is 10.7. The number of piperazine rings is 1. The summed E-state index contributed by atoms with van der Waals surface area (Å²) in [5.74, 6) is -1.22. The zero-order valence-electron chi connectivity index (χ0n) is 17.9. The summed E-state index contributed by atoms with van der Waals surface area (Å²) in [6.45, 7) is 1.27. The molecule has 170 valence electrons. The fourth-order valence-electron chi connectivity index (χ4n) is 3.96. The number of benzene rings is 3. The normalized spacial score (nSPS) is 13.8. The number of hydrogen-bond acceptors (Lipinski definition) is 3. The Labute approximate surface area is 195 Å². The molecule has 0 radical (unpaired) electrons. The highest BCUT2D eigenvalue weighted by atomic mass is 35.5. The van der Waals surface area contributed by atoms with Gasteiger partial charge in [-0.2, -0.15) is 0 Å². The van der Waals surface area contributed by atoms with Crippen LogP contribution in [0, 0.1) is 5.82 Å². The third-order valence-electron chi connectivity index (χ3n) is 5.75. The van der Waals surface area contributed by atoms with E-state index in [2.05, 4.69) is 5.32 Å². The second kappa shape index (κ2) is 10.0. The summed E-state index contributed by atoms with van der Waals surface area (Å²) in [5, 5.41) is 4.84. The van der Waals surface area contributed by atoms with E-state index in [0.29, 0.717) is 26.2 Å². The highest BCUT2D eigenvalue weighted by molar-refractivity contribution is 6.33. The Morgan fingerprint density at radius 3 is 2.36 bits per heavy atom. The van der Waals surface area contributed by atoms with Gasteiger partial charge in [-0.05, 0) is 34.5 Å².